The number of allylic oxidation sites excluding steroid dienone is 1. The van der Waals surface area contributed by atoms with E-state index in [4.69, 9.17) is 0 Å². The number of benzene rings is 2. The van der Waals surface area contributed by atoms with Crippen molar-refractivity contribution in [3.05, 3.63) is 71.3 Å². The van der Waals surface area contributed by atoms with E-state index in [1.165, 1.54) is 0 Å². The Balaban J connectivity index is 2.52. The quantitative estimate of drug-likeness (QED) is 0.657. The zero-order chi connectivity index (χ0) is 13.0. The molecule has 0 radical (unpaired) electrons. The highest BCUT2D eigenvalue weighted by molar-refractivity contribution is 5.89. The highest BCUT2D eigenvalue weighted by Gasteiger charge is 2.06. The average molecular weight is 238 g/mol. The molecular formula is C16H14O2. The number of carbonyl (C=O) groups is 1. The Bertz CT molecular complexity index is 583. The Morgan fingerprint density at radius 2 is 1.78 bits per heavy atom. The number of aldehydes is 1. The number of hydrogen-bond acceptors (Lipinski definition) is 2. The molecule has 0 fully saturated rings. The van der Waals surface area contributed by atoms with Crippen LogP contribution in [-0.2, 0) is 4.79 Å². The molecule has 0 atom stereocenters. The summed E-state index contributed by atoms with van der Waals surface area (Å²) in [5, 5.41) is 9.54. The van der Waals surface area contributed by atoms with Crippen LogP contribution in [0.3, 0.4) is 0 Å². The Morgan fingerprint density at radius 3 is 2.39 bits per heavy atom. The first kappa shape index (κ1) is 12.1. The van der Waals surface area contributed by atoms with Crippen molar-refractivity contribution >= 4 is 11.9 Å². The molecule has 90 valence electrons. The summed E-state index contributed by atoms with van der Waals surface area (Å²) in [5.41, 5.74) is 3.55. The van der Waals surface area contributed by atoms with Crippen LogP contribution in [-0.4, -0.2) is 11.4 Å². The second kappa shape index (κ2) is 5.32. The van der Waals surface area contributed by atoms with Gasteiger partial charge in [-0.15, -0.1) is 0 Å². The first-order valence-corrected chi connectivity index (χ1v) is 5.73. The summed E-state index contributed by atoms with van der Waals surface area (Å²) in [6, 6.07) is 15.0. The molecule has 0 aliphatic heterocycles. The van der Waals surface area contributed by atoms with E-state index in [0.717, 1.165) is 28.5 Å². The molecule has 2 aromatic rings. The number of phenols is 1. The van der Waals surface area contributed by atoms with Crippen molar-refractivity contribution in [3.8, 4) is 5.75 Å². The SMILES string of the molecule is Cc1cc(C(=CC=O)c2ccccc2)ccc1O. The Kier molecular flexibility index (Phi) is 3.58. The summed E-state index contributed by atoms with van der Waals surface area (Å²) in [6.45, 7) is 1.84. The van der Waals surface area contributed by atoms with Crippen LogP contribution in [0, 0.1) is 6.92 Å². The minimum absolute atomic E-state index is 0.261. The fraction of sp³-hybridized carbons (Fsp3) is 0.0625. The molecule has 2 rings (SSSR count). The Hall–Kier alpha value is -2.35. The second-order valence-corrected chi connectivity index (χ2v) is 4.08. The number of aromatic hydroxyl groups is 1. The molecule has 0 bridgehead atoms. The largest absolute Gasteiger partial charge is 0.508 e. The normalized spacial score (nSPS) is 11.3. The lowest BCUT2D eigenvalue weighted by Gasteiger charge is -2.09. The molecule has 0 aromatic heterocycles. The molecule has 0 saturated carbocycles. The third kappa shape index (κ3) is 2.48. The molecule has 0 aliphatic carbocycles. The Labute approximate surface area is 106 Å². The molecular weight excluding hydrogens is 224 g/mol. The van der Waals surface area contributed by atoms with Crippen LogP contribution < -0.4 is 0 Å². The van der Waals surface area contributed by atoms with Crippen molar-refractivity contribution in [2.45, 2.75) is 6.92 Å². The van der Waals surface area contributed by atoms with Gasteiger partial charge in [-0.1, -0.05) is 36.4 Å². The zero-order valence-corrected chi connectivity index (χ0v) is 10.1. The predicted molar refractivity (Wildman–Crippen MR) is 72.4 cm³/mol. The molecule has 2 heteroatoms. The maximum Gasteiger partial charge on any atom is 0.143 e. The summed E-state index contributed by atoms with van der Waals surface area (Å²) in [4.78, 5) is 10.8. The van der Waals surface area contributed by atoms with Gasteiger partial charge in [-0.05, 0) is 47.4 Å². The molecule has 1 N–H and O–H groups in total. The van der Waals surface area contributed by atoms with Crippen molar-refractivity contribution in [2.24, 2.45) is 0 Å². The monoisotopic (exact) mass is 238 g/mol. The highest BCUT2D eigenvalue weighted by Crippen LogP contribution is 2.26. The van der Waals surface area contributed by atoms with Crippen LogP contribution >= 0.6 is 0 Å². The second-order valence-electron chi connectivity index (χ2n) is 4.08. The van der Waals surface area contributed by atoms with E-state index in [9.17, 15) is 9.90 Å². The van der Waals surface area contributed by atoms with Crippen molar-refractivity contribution in [1.29, 1.82) is 0 Å². The molecule has 0 amide bonds. The van der Waals surface area contributed by atoms with Crippen LogP contribution in [0.5, 0.6) is 5.75 Å². The number of aryl methyl sites for hydroxylation is 1. The summed E-state index contributed by atoms with van der Waals surface area (Å²) in [6.07, 6.45) is 2.33. The minimum atomic E-state index is 0.261. The van der Waals surface area contributed by atoms with E-state index in [0.29, 0.717) is 0 Å². The molecule has 0 heterocycles. The van der Waals surface area contributed by atoms with Crippen LogP contribution in [0.4, 0.5) is 0 Å². The first-order chi connectivity index (χ1) is 8.72. The Morgan fingerprint density at radius 1 is 1.06 bits per heavy atom. The maximum atomic E-state index is 10.8. The van der Waals surface area contributed by atoms with E-state index in [1.807, 2.05) is 49.4 Å². The van der Waals surface area contributed by atoms with E-state index in [2.05, 4.69) is 0 Å². The van der Waals surface area contributed by atoms with Gasteiger partial charge in [0.25, 0.3) is 0 Å². The number of hydrogen-bond donors (Lipinski definition) is 1. The smallest absolute Gasteiger partial charge is 0.143 e. The van der Waals surface area contributed by atoms with Crippen LogP contribution in [0.15, 0.2) is 54.6 Å². The highest BCUT2D eigenvalue weighted by atomic mass is 16.3. The molecule has 0 unspecified atom stereocenters. The lowest BCUT2D eigenvalue weighted by molar-refractivity contribution is -0.104. The summed E-state index contributed by atoms with van der Waals surface area (Å²) in [5.74, 6) is 0.261. The molecule has 0 spiro atoms. The lowest BCUT2D eigenvalue weighted by Crippen LogP contribution is -1.89. The number of rotatable bonds is 3. The van der Waals surface area contributed by atoms with Gasteiger partial charge in [-0.2, -0.15) is 0 Å². The van der Waals surface area contributed by atoms with E-state index in [-0.39, 0.29) is 5.75 Å². The molecule has 18 heavy (non-hydrogen) atoms. The molecule has 0 aliphatic rings. The number of carbonyl (C=O) groups excluding carboxylic acids is 1. The average Bonchev–Trinajstić information content (AvgIpc) is 2.40. The van der Waals surface area contributed by atoms with E-state index >= 15 is 0 Å². The van der Waals surface area contributed by atoms with Crippen LogP contribution in [0.25, 0.3) is 5.57 Å². The van der Waals surface area contributed by atoms with Gasteiger partial charge in [0.15, 0.2) is 0 Å². The van der Waals surface area contributed by atoms with Gasteiger partial charge in [0.2, 0.25) is 0 Å². The van der Waals surface area contributed by atoms with Gasteiger partial charge < -0.3 is 5.11 Å². The van der Waals surface area contributed by atoms with Gasteiger partial charge in [0.05, 0.1) is 0 Å². The molecule has 2 nitrogen and oxygen atoms in total. The van der Waals surface area contributed by atoms with Gasteiger partial charge in [0, 0.05) is 0 Å². The van der Waals surface area contributed by atoms with Crippen molar-refractivity contribution < 1.29 is 9.90 Å². The van der Waals surface area contributed by atoms with E-state index < -0.39 is 0 Å². The minimum Gasteiger partial charge on any atom is -0.508 e. The third-order valence-corrected chi connectivity index (χ3v) is 2.83. The van der Waals surface area contributed by atoms with Gasteiger partial charge in [0.1, 0.15) is 12.0 Å². The molecule has 2 aromatic carbocycles. The van der Waals surface area contributed by atoms with Crippen LogP contribution in [0.1, 0.15) is 16.7 Å². The standard InChI is InChI=1S/C16H14O2/c1-12-11-14(7-8-16(12)18)15(9-10-17)13-5-3-2-4-6-13/h2-11,18H,1H3. The van der Waals surface area contributed by atoms with Crippen molar-refractivity contribution in [2.75, 3.05) is 0 Å². The summed E-state index contributed by atoms with van der Waals surface area (Å²) >= 11 is 0. The maximum absolute atomic E-state index is 10.8. The van der Waals surface area contributed by atoms with Gasteiger partial charge >= 0.3 is 0 Å². The summed E-state index contributed by atoms with van der Waals surface area (Å²) in [7, 11) is 0. The fourth-order valence-corrected chi connectivity index (χ4v) is 1.87. The lowest BCUT2D eigenvalue weighted by atomic mass is 9.96. The topological polar surface area (TPSA) is 37.3 Å². The fourth-order valence-electron chi connectivity index (χ4n) is 1.87. The first-order valence-electron chi connectivity index (χ1n) is 5.73. The summed E-state index contributed by atoms with van der Waals surface area (Å²) < 4.78 is 0. The van der Waals surface area contributed by atoms with Gasteiger partial charge in [-0.3, -0.25) is 4.79 Å². The van der Waals surface area contributed by atoms with Crippen molar-refractivity contribution in [1.82, 2.24) is 0 Å². The number of phenolic OH excluding ortho intramolecular Hbond substituents is 1. The van der Waals surface area contributed by atoms with Crippen LogP contribution in [0.2, 0.25) is 0 Å². The van der Waals surface area contributed by atoms with Gasteiger partial charge in [-0.25, -0.2) is 0 Å². The molecule has 0 saturated heterocycles. The predicted octanol–water partition coefficient (Wildman–Crippen LogP) is 3.33. The third-order valence-electron chi connectivity index (χ3n) is 2.83. The van der Waals surface area contributed by atoms with Crippen molar-refractivity contribution in [3.63, 3.8) is 0 Å². The van der Waals surface area contributed by atoms with E-state index in [1.54, 1.807) is 12.1 Å². The zero-order valence-electron chi connectivity index (χ0n) is 10.1.